The second kappa shape index (κ2) is 11.8. The zero-order valence-electron chi connectivity index (χ0n) is 17.2. The first-order valence-corrected chi connectivity index (χ1v) is 15.3. The second-order valence-corrected chi connectivity index (χ2v) is 17.7. The molecule has 24 heavy (non-hydrogen) atoms. The average molecular weight is 381 g/mol. The molecule has 0 saturated carbocycles. The highest BCUT2D eigenvalue weighted by atomic mass is 28.4. The van der Waals surface area contributed by atoms with Crippen LogP contribution in [0.15, 0.2) is 0 Å². The first-order chi connectivity index (χ1) is 11.0. The maximum Gasteiger partial charge on any atom is 0.192 e. The van der Waals surface area contributed by atoms with Crippen molar-refractivity contribution in [3.8, 4) is 0 Å². The molecule has 0 bridgehead atoms. The van der Waals surface area contributed by atoms with Crippen LogP contribution < -0.4 is 0 Å². The van der Waals surface area contributed by atoms with Gasteiger partial charge in [-0.25, -0.2) is 0 Å². The molecular weight excluding hydrogens is 340 g/mol. The number of rotatable bonds is 14. The van der Waals surface area contributed by atoms with Crippen LogP contribution in [0, 0.1) is 0 Å². The first-order valence-electron chi connectivity index (χ1n) is 8.97. The van der Waals surface area contributed by atoms with E-state index < -0.39 is 16.6 Å². The summed E-state index contributed by atoms with van der Waals surface area (Å²) in [7, 11) is -3.06. The van der Waals surface area contributed by atoms with Gasteiger partial charge in [-0.15, -0.1) is 0 Å². The summed E-state index contributed by atoms with van der Waals surface area (Å²) in [6.07, 6.45) is 0. The lowest BCUT2D eigenvalue weighted by atomic mass is 10.2. The third-order valence-electron chi connectivity index (χ3n) is 4.00. The van der Waals surface area contributed by atoms with E-state index in [9.17, 15) is 0 Å². The van der Waals surface area contributed by atoms with E-state index in [4.69, 9.17) is 23.1 Å². The van der Waals surface area contributed by atoms with Crippen molar-refractivity contribution >= 4 is 16.6 Å². The summed E-state index contributed by atoms with van der Waals surface area (Å²) in [5.74, 6) is 0. The number of hydrogen-bond donors (Lipinski definition) is 0. The molecule has 146 valence electrons. The summed E-state index contributed by atoms with van der Waals surface area (Å²) in [6, 6.07) is 0. The van der Waals surface area contributed by atoms with Crippen molar-refractivity contribution in [1.82, 2.24) is 0 Å². The van der Waals surface area contributed by atoms with Crippen LogP contribution in [0.3, 0.4) is 0 Å². The molecule has 0 aromatic heterocycles. The Kier molecular flexibility index (Phi) is 11.9. The minimum Gasteiger partial charge on any atom is -0.415 e. The molecule has 0 atom stereocenters. The van der Waals surface area contributed by atoms with Gasteiger partial charge in [-0.05, 0) is 37.8 Å². The van der Waals surface area contributed by atoms with Crippen molar-refractivity contribution in [3.05, 3.63) is 0 Å². The molecule has 0 amide bonds. The zero-order valence-corrected chi connectivity index (χ0v) is 19.2. The van der Waals surface area contributed by atoms with Gasteiger partial charge in [0.1, 0.15) is 0 Å². The van der Waals surface area contributed by atoms with Gasteiger partial charge in [-0.3, -0.25) is 0 Å². The molecule has 7 heteroatoms. The highest BCUT2D eigenvalue weighted by molar-refractivity contribution is 6.74. The summed E-state index contributed by atoms with van der Waals surface area (Å²) >= 11 is 0. The van der Waals surface area contributed by atoms with Crippen LogP contribution in [-0.4, -0.2) is 69.5 Å². The molecule has 0 heterocycles. The Morgan fingerprint density at radius 1 is 0.542 bits per heavy atom. The van der Waals surface area contributed by atoms with Crippen LogP contribution in [0.1, 0.15) is 20.8 Å². The Balaban J connectivity index is 3.32. The minimum atomic E-state index is -1.65. The van der Waals surface area contributed by atoms with Gasteiger partial charge in [0.2, 0.25) is 0 Å². The van der Waals surface area contributed by atoms with E-state index >= 15 is 0 Å². The van der Waals surface area contributed by atoms with Gasteiger partial charge in [-0.2, -0.15) is 0 Å². The van der Waals surface area contributed by atoms with E-state index in [0.29, 0.717) is 52.9 Å². The molecule has 0 aliphatic carbocycles. The van der Waals surface area contributed by atoms with Crippen molar-refractivity contribution in [2.45, 2.75) is 58.5 Å². The predicted octanol–water partition coefficient (Wildman–Crippen LogP) is 3.91. The van der Waals surface area contributed by atoms with Crippen LogP contribution in [0.5, 0.6) is 0 Å². The molecule has 0 N–H and O–H groups in total. The lowest BCUT2D eigenvalue weighted by Gasteiger charge is -2.36. The van der Waals surface area contributed by atoms with E-state index in [2.05, 4.69) is 53.5 Å². The number of hydrogen-bond acceptors (Lipinski definition) is 5. The van der Waals surface area contributed by atoms with Crippen LogP contribution in [0.4, 0.5) is 0 Å². The standard InChI is InChI=1S/C17H40O5Si2/c1-17(2,3)24(7,8)22-16-14-20-12-10-18-9-11-19-13-15-21-23(4,5)6/h9-16H2,1-8H3. The van der Waals surface area contributed by atoms with Gasteiger partial charge < -0.3 is 23.1 Å². The van der Waals surface area contributed by atoms with Crippen LogP contribution in [0.2, 0.25) is 37.8 Å². The Bertz CT molecular complexity index is 311. The summed E-state index contributed by atoms with van der Waals surface area (Å²) in [5.41, 5.74) is 0. The molecular formula is C17H40O5Si2. The normalized spacial score (nSPS) is 13.5. The fourth-order valence-corrected chi connectivity index (χ4v) is 3.24. The highest BCUT2D eigenvalue weighted by Gasteiger charge is 2.36. The monoisotopic (exact) mass is 380 g/mol. The Hall–Kier alpha value is 0.234. The van der Waals surface area contributed by atoms with Crippen molar-refractivity contribution in [3.63, 3.8) is 0 Å². The van der Waals surface area contributed by atoms with Crippen molar-refractivity contribution in [2.24, 2.45) is 0 Å². The maximum atomic E-state index is 6.04. The van der Waals surface area contributed by atoms with E-state index in [0.717, 1.165) is 0 Å². The van der Waals surface area contributed by atoms with Crippen molar-refractivity contribution in [2.75, 3.05) is 52.9 Å². The first kappa shape index (κ1) is 24.2. The molecule has 0 unspecified atom stereocenters. The lowest BCUT2D eigenvalue weighted by molar-refractivity contribution is 0.00394. The summed E-state index contributed by atoms with van der Waals surface area (Å²) in [6.45, 7) is 22.7. The van der Waals surface area contributed by atoms with Gasteiger partial charge >= 0.3 is 0 Å². The van der Waals surface area contributed by atoms with Crippen molar-refractivity contribution < 1.29 is 23.1 Å². The summed E-state index contributed by atoms with van der Waals surface area (Å²) in [4.78, 5) is 0. The topological polar surface area (TPSA) is 46.2 Å². The zero-order chi connectivity index (χ0) is 18.7. The second-order valence-electron chi connectivity index (χ2n) is 8.41. The average Bonchev–Trinajstić information content (AvgIpc) is 2.41. The molecule has 0 rings (SSSR count). The quantitative estimate of drug-likeness (QED) is 0.338. The van der Waals surface area contributed by atoms with Crippen molar-refractivity contribution in [1.29, 1.82) is 0 Å². The summed E-state index contributed by atoms with van der Waals surface area (Å²) in [5, 5.41) is 0.246. The van der Waals surface area contributed by atoms with E-state index in [1.807, 2.05) is 0 Å². The Labute approximate surface area is 151 Å². The van der Waals surface area contributed by atoms with Gasteiger partial charge in [0, 0.05) is 0 Å². The molecule has 0 saturated heterocycles. The van der Waals surface area contributed by atoms with Crippen LogP contribution in [0.25, 0.3) is 0 Å². The van der Waals surface area contributed by atoms with Gasteiger partial charge in [0.25, 0.3) is 0 Å². The molecule has 0 aliphatic rings. The van der Waals surface area contributed by atoms with Gasteiger partial charge in [0.05, 0.1) is 52.9 Å². The van der Waals surface area contributed by atoms with E-state index in [1.165, 1.54) is 0 Å². The van der Waals surface area contributed by atoms with E-state index in [-0.39, 0.29) is 5.04 Å². The Morgan fingerprint density at radius 3 is 1.21 bits per heavy atom. The Morgan fingerprint density at radius 2 is 0.875 bits per heavy atom. The fourth-order valence-electron chi connectivity index (χ4n) is 1.52. The SMILES string of the molecule is CC(C)(C)[Si](C)(C)OCCOCCOCCOCCO[Si](C)(C)C. The third-order valence-corrected chi connectivity index (χ3v) is 9.61. The molecule has 0 aliphatic heterocycles. The van der Waals surface area contributed by atoms with Gasteiger partial charge in [0.15, 0.2) is 16.6 Å². The largest absolute Gasteiger partial charge is 0.415 e. The van der Waals surface area contributed by atoms with Gasteiger partial charge in [-0.1, -0.05) is 20.8 Å². The molecule has 0 aromatic rings. The minimum absolute atomic E-state index is 0.246. The lowest BCUT2D eigenvalue weighted by Crippen LogP contribution is -2.41. The number of ether oxygens (including phenoxy) is 3. The molecule has 0 radical (unpaired) electrons. The van der Waals surface area contributed by atoms with Crippen LogP contribution >= 0.6 is 0 Å². The fraction of sp³-hybridized carbons (Fsp3) is 1.00. The van der Waals surface area contributed by atoms with Crippen LogP contribution in [-0.2, 0) is 23.1 Å². The van der Waals surface area contributed by atoms with E-state index in [1.54, 1.807) is 0 Å². The predicted molar refractivity (Wildman–Crippen MR) is 105 cm³/mol. The third kappa shape index (κ3) is 13.5. The summed E-state index contributed by atoms with van der Waals surface area (Å²) < 4.78 is 28.2. The smallest absolute Gasteiger partial charge is 0.192 e. The highest BCUT2D eigenvalue weighted by Crippen LogP contribution is 2.36. The molecule has 0 fully saturated rings. The molecule has 5 nitrogen and oxygen atoms in total. The maximum absolute atomic E-state index is 6.04. The molecule has 0 aromatic carbocycles. The molecule has 0 spiro atoms.